The van der Waals surface area contributed by atoms with Gasteiger partial charge in [0.1, 0.15) is 0 Å². The first-order chi connectivity index (χ1) is 16.1. The Bertz CT molecular complexity index is 1120. The van der Waals surface area contributed by atoms with Gasteiger partial charge in [0.15, 0.2) is 0 Å². The van der Waals surface area contributed by atoms with Gasteiger partial charge in [-0.25, -0.2) is 0 Å². The van der Waals surface area contributed by atoms with E-state index in [1.54, 1.807) is 0 Å². The van der Waals surface area contributed by atoms with E-state index in [0.717, 1.165) is 11.1 Å². The first-order valence-corrected chi connectivity index (χ1v) is 14.1. The second-order valence-electron chi connectivity index (χ2n) is 11.3. The van der Waals surface area contributed by atoms with Crippen LogP contribution in [0.2, 0.25) is 0 Å². The first kappa shape index (κ1) is 24.2. The van der Waals surface area contributed by atoms with Crippen LogP contribution in [-0.4, -0.2) is 5.11 Å². The van der Waals surface area contributed by atoms with Gasteiger partial charge in [-0.1, -0.05) is 0 Å². The number of hydrogen-bond donors (Lipinski definition) is 1. The fourth-order valence-corrected chi connectivity index (χ4v) is 9.86. The summed E-state index contributed by atoms with van der Waals surface area (Å²) in [5.74, 6) is 0.431. The molecule has 4 aromatic rings. The Morgan fingerprint density at radius 3 is 1.03 bits per heavy atom. The van der Waals surface area contributed by atoms with E-state index in [1.807, 2.05) is 0 Å². The molecule has 0 aliphatic carbocycles. The van der Waals surface area contributed by atoms with Crippen LogP contribution in [0.25, 0.3) is 0 Å². The van der Waals surface area contributed by atoms with E-state index in [-0.39, 0.29) is 10.8 Å². The molecule has 0 unspecified atom stereocenters. The second kappa shape index (κ2) is 9.05. The second-order valence-corrected chi connectivity index (χ2v) is 15.1. The Balaban J connectivity index is 2.23. The number of benzene rings is 4. The summed E-state index contributed by atoms with van der Waals surface area (Å²) in [6, 6.07) is 37.5. The molecule has 0 radical (unpaired) electrons. The van der Waals surface area contributed by atoms with Crippen LogP contribution < -0.4 is 21.2 Å². The van der Waals surface area contributed by atoms with Crippen molar-refractivity contribution < 1.29 is 5.11 Å². The molecule has 34 heavy (non-hydrogen) atoms. The van der Waals surface area contributed by atoms with Gasteiger partial charge in [-0.3, -0.25) is 0 Å². The average Bonchev–Trinajstić information content (AvgIpc) is 2.81. The maximum atomic E-state index is 11.5. The molecule has 2 heteroatoms. The number of aromatic hydroxyl groups is 1. The van der Waals surface area contributed by atoms with Crippen molar-refractivity contribution in [1.29, 1.82) is 0 Å². The van der Waals surface area contributed by atoms with Gasteiger partial charge in [0.05, 0.1) is 0 Å². The Morgan fingerprint density at radius 2 is 0.765 bits per heavy atom. The monoisotopic (exact) mass is 468 g/mol. The van der Waals surface area contributed by atoms with Gasteiger partial charge in [-0.15, -0.1) is 0 Å². The molecule has 0 atom stereocenters. The Hall–Kier alpha value is -2.89. The molecular formula is C32H37OP. The van der Waals surface area contributed by atoms with E-state index in [4.69, 9.17) is 0 Å². The summed E-state index contributed by atoms with van der Waals surface area (Å²) in [6.45, 7) is 13.1. The molecule has 4 aromatic carbocycles. The summed E-state index contributed by atoms with van der Waals surface area (Å²) in [4.78, 5) is 0. The molecule has 0 fully saturated rings. The van der Waals surface area contributed by atoms with Gasteiger partial charge in [-0.05, 0) is 0 Å². The van der Waals surface area contributed by atoms with Crippen LogP contribution in [0.1, 0.15) is 52.7 Å². The molecule has 0 aliphatic heterocycles. The third-order valence-electron chi connectivity index (χ3n) is 6.78. The summed E-state index contributed by atoms with van der Waals surface area (Å²) < 4.78 is 0. The van der Waals surface area contributed by atoms with Crippen molar-refractivity contribution >= 4 is 28.5 Å². The van der Waals surface area contributed by atoms with Crippen LogP contribution in [0, 0.1) is 0 Å². The van der Waals surface area contributed by atoms with Crippen LogP contribution >= 0.6 is 7.26 Å². The van der Waals surface area contributed by atoms with Gasteiger partial charge in [0.25, 0.3) is 0 Å². The first-order valence-electron chi connectivity index (χ1n) is 12.1. The fraction of sp³-hybridized carbons (Fsp3) is 0.250. The van der Waals surface area contributed by atoms with Crippen molar-refractivity contribution in [2.75, 3.05) is 0 Å². The molecule has 0 bridgehead atoms. The third kappa shape index (κ3) is 4.30. The normalized spacial score (nSPS) is 13.0. The number of hydrogen-bond acceptors (Lipinski definition) is 1. The van der Waals surface area contributed by atoms with Crippen LogP contribution in [0.5, 0.6) is 5.75 Å². The SMILES string of the molecule is CC(C)(C)c1cc([PH](c2ccccc2)(c2ccccc2)c2ccccc2)cc(C(C)(C)C)c1O. The van der Waals surface area contributed by atoms with Gasteiger partial charge in [0.2, 0.25) is 0 Å². The molecule has 0 spiro atoms. The van der Waals surface area contributed by atoms with Crippen molar-refractivity contribution in [1.82, 2.24) is 0 Å². The van der Waals surface area contributed by atoms with Gasteiger partial charge in [0, 0.05) is 0 Å². The molecule has 176 valence electrons. The Labute approximate surface area is 205 Å². The molecule has 1 nitrogen and oxygen atoms in total. The van der Waals surface area contributed by atoms with Crippen molar-refractivity contribution in [3.8, 4) is 5.75 Å². The maximum absolute atomic E-state index is 11.5. The van der Waals surface area contributed by atoms with Gasteiger partial charge < -0.3 is 0 Å². The molecular weight excluding hydrogens is 431 g/mol. The molecule has 0 aliphatic rings. The quantitative estimate of drug-likeness (QED) is 0.347. The number of phenolic OH excluding ortho intramolecular Hbond substituents is 1. The number of phenols is 1. The van der Waals surface area contributed by atoms with Crippen molar-refractivity contribution in [3.05, 3.63) is 114 Å². The topological polar surface area (TPSA) is 20.2 Å². The molecule has 0 heterocycles. The molecule has 0 saturated heterocycles. The summed E-state index contributed by atoms with van der Waals surface area (Å²) in [6.07, 6.45) is 0. The van der Waals surface area contributed by atoms with Gasteiger partial charge in [-0.2, -0.15) is 0 Å². The van der Waals surface area contributed by atoms with Gasteiger partial charge >= 0.3 is 206 Å². The van der Waals surface area contributed by atoms with E-state index < -0.39 is 7.26 Å². The fourth-order valence-electron chi connectivity index (χ4n) is 5.06. The summed E-state index contributed by atoms with van der Waals surface area (Å²) in [5.41, 5.74) is 1.64. The minimum atomic E-state index is -2.65. The van der Waals surface area contributed by atoms with Crippen molar-refractivity contribution in [2.45, 2.75) is 52.4 Å². The standard InChI is InChI=1S/C32H37OP/c1-31(2,3)28-22-27(23-29(30(28)33)32(4,5)6)34(24-16-10-7-11-17-24,25-18-12-8-13-19-25)26-20-14-9-15-21-26/h7-23,33-34H,1-6H3. The zero-order valence-corrected chi connectivity index (χ0v) is 22.3. The Kier molecular flexibility index (Phi) is 6.45. The van der Waals surface area contributed by atoms with Crippen LogP contribution in [0.3, 0.4) is 0 Å². The predicted octanol–water partition coefficient (Wildman–Crippen LogP) is 6.34. The predicted molar refractivity (Wildman–Crippen MR) is 152 cm³/mol. The molecule has 0 amide bonds. The molecule has 4 rings (SSSR count). The zero-order chi connectivity index (χ0) is 24.6. The minimum absolute atomic E-state index is 0.190. The van der Waals surface area contributed by atoms with Crippen molar-refractivity contribution in [3.63, 3.8) is 0 Å². The Morgan fingerprint density at radius 1 is 0.471 bits per heavy atom. The van der Waals surface area contributed by atoms with E-state index >= 15 is 0 Å². The van der Waals surface area contributed by atoms with E-state index in [9.17, 15) is 5.11 Å². The number of rotatable bonds is 4. The van der Waals surface area contributed by atoms with E-state index in [1.165, 1.54) is 21.2 Å². The average molecular weight is 469 g/mol. The van der Waals surface area contributed by atoms with Crippen molar-refractivity contribution in [2.24, 2.45) is 0 Å². The van der Waals surface area contributed by atoms with Crippen LogP contribution in [0.15, 0.2) is 103 Å². The summed E-state index contributed by atoms with van der Waals surface area (Å²) in [5, 5.41) is 16.8. The summed E-state index contributed by atoms with van der Waals surface area (Å²) in [7, 11) is -2.65. The van der Waals surface area contributed by atoms with Crippen LogP contribution in [0.4, 0.5) is 0 Å². The van der Waals surface area contributed by atoms with E-state index in [0.29, 0.717) is 5.75 Å². The van der Waals surface area contributed by atoms with E-state index in [2.05, 4.69) is 145 Å². The molecule has 0 saturated carbocycles. The third-order valence-corrected chi connectivity index (χ3v) is 11.5. The zero-order valence-electron chi connectivity index (χ0n) is 21.3. The molecule has 0 aromatic heterocycles. The summed E-state index contributed by atoms with van der Waals surface area (Å²) >= 11 is 0. The molecule has 1 N–H and O–H groups in total. The van der Waals surface area contributed by atoms with Crippen LogP contribution in [-0.2, 0) is 10.8 Å².